The van der Waals surface area contributed by atoms with Crippen LogP contribution in [-0.2, 0) is 16.0 Å². The summed E-state index contributed by atoms with van der Waals surface area (Å²) in [4.78, 5) is 54.6. The zero-order chi connectivity index (χ0) is 24.9. The molecule has 3 aromatic carbocycles. The standard InChI is InChI=1S/C26H22N4O5/c1-16-7-6-10-19(13-16)29-24(32)26(23(31)27-25(29)33)15-18-14-20(30(34)35)11-12-21(18)28(2)22(26)17-8-4-3-5-9-17/h3-14,22H,15H2,1-2H3,(H,27,31,33). The number of nitrogens with one attached hydrogen (secondary N) is 1. The molecular formula is C26H22N4O5. The summed E-state index contributed by atoms with van der Waals surface area (Å²) in [5, 5.41) is 13.8. The lowest BCUT2D eigenvalue weighted by molar-refractivity contribution is -0.384. The highest BCUT2D eigenvalue weighted by atomic mass is 16.6. The van der Waals surface area contributed by atoms with Gasteiger partial charge in [0.25, 0.3) is 11.6 Å². The van der Waals surface area contributed by atoms with Gasteiger partial charge in [-0.3, -0.25) is 25.0 Å². The van der Waals surface area contributed by atoms with Gasteiger partial charge in [-0.05, 0) is 41.8 Å². The minimum Gasteiger partial charge on any atom is -0.366 e. The maximum Gasteiger partial charge on any atom is 0.335 e. The van der Waals surface area contributed by atoms with Crippen molar-refractivity contribution in [3.8, 4) is 0 Å². The number of nitro groups is 1. The van der Waals surface area contributed by atoms with E-state index in [1.54, 1.807) is 36.2 Å². The molecule has 1 N–H and O–H groups in total. The second-order valence-electron chi connectivity index (χ2n) is 8.88. The van der Waals surface area contributed by atoms with Crippen molar-refractivity contribution in [2.24, 2.45) is 5.41 Å². The SMILES string of the molecule is Cc1cccc(N2C(=O)NC(=O)C3(Cc4cc([N+](=O)[O-])ccc4N(C)C3c3ccccc3)C2=O)c1. The number of urea groups is 1. The first-order valence-electron chi connectivity index (χ1n) is 11.1. The average Bonchev–Trinajstić information content (AvgIpc) is 2.83. The lowest BCUT2D eigenvalue weighted by Gasteiger charge is -2.50. The Bertz CT molecular complexity index is 1390. The minimum absolute atomic E-state index is 0.103. The maximum absolute atomic E-state index is 14.3. The Morgan fingerprint density at radius 1 is 1.00 bits per heavy atom. The Labute approximate surface area is 201 Å². The van der Waals surface area contributed by atoms with Crippen LogP contribution in [0.2, 0.25) is 0 Å². The number of benzene rings is 3. The zero-order valence-corrected chi connectivity index (χ0v) is 19.1. The van der Waals surface area contributed by atoms with Crippen molar-refractivity contribution in [1.82, 2.24) is 5.32 Å². The van der Waals surface area contributed by atoms with E-state index in [-0.39, 0.29) is 12.1 Å². The van der Waals surface area contributed by atoms with E-state index in [0.29, 0.717) is 22.5 Å². The molecule has 1 saturated heterocycles. The van der Waals surface area contributed by atoms with Crippen LogP contribution in [0, 0.1) is 22.5 Å². The Balaban J connectivity index is 1.75. The van der Waals surface area contributed by atoms with E-state index in [4.69, 9.17) is 0 Å². The van der Waals surface area contributed by atoms with Gasteiger partial charge < -0.3 is 4.90 Å². The third kappa shape index (κ3) is 3.35. The van der Waals surface area contributed by atoms with Crippen molar-refractivity contribution in [2.45, 2.75) is 19.4 Å². The molecule has 2 heterocycles. The molecular weight excluding hydrogens is 448 g/mol. The minimum atomic E-state index is -1.74. The maximum atomic E-state index is 14.3. The van der Waals surface area contributed by atoms with Crippen LogP contribution in [0.3, 0.4) is 0 Å². The highest BCUT2D eigenvalue weighted by Crippen LogP contribution is 2.52. The van der Waals surface area contributed by atoms with Crippen LogP contribution in [-0.4, -0.2) is 29.8 Å². The molecule has 9 nitrogen and oxygen atoms in total. The first-order valence-corrected chi connectivity index (χ1v) is 11.1. The number of nitro benzene ring substituents is 1. The van der Waals surface area contributed by atoms with E-state index < -0.39 is 34.2 Å². The van der Waals surface area contributed by atoms with E-state index in [1.807, 2.05) is 43.3 Å². The number of amides is 4. The molecule has 176 valence electrons. The van der Waals surface area contributed by atoms with Crippen molar-refractivity contribution in [2.75, 3.05) is 16.8 Å². The zero-order valence-electron chi connectivity index (χ0n) is 19.1. The van der Waals surface area contributed by atoms with Gasteiger partial charge in [-0.25, -0.2) is 9.69 Å². The van der Waals surface area contributed by atoms with Gasteiger partial charge in [0.05, 0.1) is 16.7 Å². The van der Waals surface area contributed by atoms with E-state index in [2.05, 4.69) is 5.32 Å². The van der Waals surface area contributed by atoms with Crippen LogP contribution in [0.5, 0.6) is 0 Å². The molecule has 1 fully saturated rings. The quantitative estimate of drug-likeness (QED) is 0.353. The van der Waals surface area contributed by atoms with E-state index in [0.717, 1.165) is 10.5 Å². The largest absolute Gasteiger partial charge is 0.366 e. The summed E-state index contributed by atoms with van der Waals surface area (Å²) in [5.74, 6) is -1.40. The van der Waals surface area contributed by atoms with Gasteiger partial charge in [0.15, 0.2) is 5.41 Å². The predicted molar refractivity (Wildman–Crippen MR) is 129 cm³/mol. The summed E-state index contributed by atoms with van der Waals surface area (Å²) in [5.41, 5.74) is 1.18. The summed E-state index contributed by atoms with van der Waals surface area (Å²) in [6.07, 6.45) is -0.103. The normalized spacial score (nSPS) is 21.7. The van der Waals surface area contributed by atoms with Gasteiger partial charge in [-0.1, -0.05) is 42.5 Å². The number of imide groups is 2. The van der Waals surface area contributed by atoms with Gasteiger partial charge in [-0.2, -0.15) is 0 Å². The molecule has 2 aliphatic rings. The Morgan fingerprint density at radius 3 is 2.43 bits per heavy atom. The third-order valence-corrected chi connectivity index (χ3v) is 6.77. The number of carbonyl (C=O) groups is 3. The van der Waals surface area contributed by atoms with Crippen molar-refractivity contribution in [1.29, 1.82) is 0 Å². The fourth-order valence-electron chi connectivity index (χ4n) is 5.23. The molecule has 4 amide bonds. The smallest absolute Gasteiger partial charge is 0.335 e. The molecule has 0 bridgehead atoms. The lowest BCUT2D eigenvalue weighted by Crippen LogP contribution is -2.69. The second-order valence-corrected chi connectivity index (χ2v) is 8.88. The first-order chi connectivity index (χ1) is 16.7. The molecule has 5 rings (SSSR count). The van der Waals surface area contributed by atoms with Crippen LogP contribution >= 0.6 is 0 Å². The van der Waals surface area contributed by atoms with Crippen LogP contribution in [0.15, 0.2) is 72.8 Å². The molecule has 3 aromatic rings. The summed E-state index contributed by atoms with van der Waals surface area (Å²) in [6.45, 7) is 1.84. The summed E-state index contributed by atoms with van der Waals surface area (Å²) in [6, 6.07) is 18.9. The summed E-state index contributed by atoms with van der Waals surface area (Å²) >= 11 is 0. The van der Waals surface area contributed by atoms with Crippen molar-refractivity contribution >= 4 is 34.9 Å². The molecule has 0 saturated carbocycles. The molecule has 2 unspecified atom stereocenters. The number of fused-ring (bicyclic) bond motifs is 1. The molecule has 2 aliphatic heterocycles. The molecule has 0 aromatic heterocycles. The number of anilines is 2. The number of rotatable bonds is 3. The van der Waals surface area contributed by atoms with Crippen LogP contribution < -0.4 is 15.1 Å². The van der Waals surface area contributed by atoms with Crippen LogP contribution in [0.25, 0.3) is 0 Å². The molecule has 9 heteroatoms. The van der Waals surface area contributed by atoms with Crippen molar-refractivity contribution in [3.05, 3.63) is 99.6 Å². The number of barbiturate groups is 1. The summed E-state index contributed by atoms with van der Waals surface area (Å²) in [7, 11) is 1.75. The second kappa shape index (κ2) is 8.05. The first kappa shape index (κ1) is 22.3. The van der Waals surface area contributed by atoms with Crippen molar-refractivity contribution < 1.29 is 19.3 Å². The number of nitrogens with zero attached hydrogens (tertiary/aromatic N) is 3. The Kier molecular flexibility index (Phi) is 5.12. The predicted octanol–water partition coefficient (Wildman–Crippen LogP) is 3.91. The Morgan fingerprint density at radius 2 is 1.74 bits per heavy atom. The fourth-order valence-corrected chi connectivity index (χ4v) is 5.23. The highest BCUT2D eigenvalue weighted by molar-refractivity contribution is 6.30. The number of hydrogen-bond donors (Lipinski definition) is 1. The van der Waals surface area contributed by atoms with E-state index in [9.17, 15) is 24.5 Å². The fraction of sp³-hybridized carbons (Fsp3) is 0.192. The molecule has 0 radical (unpaired) electrons. The van der Waals surface area contributed by atoms with Crippen LogP contribution in [0.4, 0.5) is 21.9 Å². The third-order valence-electron chi connectivity index (χ3n) is 6.77. The number of carbonyl (C=O) groups excluding carboxylic acids is 3. The van der Waals surface area contributed by atoms with E-state index >= 15 is 0 Å². The summed E-state index contributed by atoms with van der Waals surface area (Å²) < 4.78 is 0. The number of non-ortho nitro benzene ring substituents is 1. The molecule has 1 spiro atoms. The van der Waals surface area contributed by atoms with Gasteiger partial charge in [0.1, 0.15) is 0 Å². The highest BCUT2D eigenvalue weighted by Gasteiger charge is 2.62. The molecule has 2 atom stereocenters. The number of hydrogen-bond acceptors (Lipinski definition) is 6. The monoisotopic (exact) mass is 470 g/mol. The van der Waals surface area contributed by atoms with Gasteiger partial charge in [-0.15, -0.1) is 0 Å². The average molecular weight is 470 g/mol. The van der Waals surface area contributed by atoms with E-state index in [1.165, 1.54) is 12.1 Å². The Hall–Kier alpha value is -4.53. The lowest BCUT2D eigenvalue weighted by atomic mass is 9.66. The number of aryl methyl sites for hydroxylation is 1. The topological polar surface area (TPSA) is 113 Å². The van der Waals surface area contributed by atoms with Gasteiger partial charge in [0.2, 0.25) is 5.91 Å². The van der Waals surface area contributed by atoms with Gasteiger partial charge >= 0.3 is 6.03 Å². The van der Waals surface area contributed by atoms with Crippen LogP contribution in [0.1, 0.15) is 22.7 Å². The molecule has 0 aliphatic carbocycles. The van der Waals surface area contributed by atoms with Crippen molar-refractivity contribution in [3.63, 3.8) is 0 Å². The molecule has 35 heavy (non-hydrogen) atoms. The van der Waals surface area contributed by atoms with Gasteiger partial charge in [0, 0.05) is 31.3 Å².